The van der Waals surface area contributed by atoms with Crippen molar-refractivity contribution in [3.05, 3.63) is 65.2 Å². The van der Waals surface area contributed by atoms with Crippen LogP contribution in [0.15, 0.2) is 48.5 Å². The molecule has 2 aromatic rings. The predicted octanol–water partition coefficient (Wildman–Crippen LogP) is 1.73. The number of anilines is 1. The van der Waals surface area contributed by atoms with Gasteiger partial charge in [0.05, 0.1) is 16.8 Å². The van der Waals surface area contributed by atoms with Crippen molar-refractivity contribution in [1.29, 1.82) is 0 Å². The number of aromatic carboxylic acids is 1. The molecule has 1 saturated heterocycles. The standard InChI is InChI=1S/C18H17N3O3/c22-16-14-10-13(17(23)24)6-7-15(14)20-9-8-19-18(20)21(16)11-12-4-2-1-3-5-12/h1-7,10,18-19H,8-9,11H2,(H,23,24). The van der Waals surface area contributed by atoms with Gasteiger partial charge in [-0.15, -0.1) is 0 Å². The quantitative estimate of drug-likeness (QED) is 0.900. The van der Waals surface area contributed by atoms with Crippen LogP contribution in [-0.4, -0.2) is 41.3 Å². The maximum Gasteiger partial charge on any atom is 0.335 e. The van der Waals surface area contributed by atoms with E-state index >= 15 is 0 Å². The van der Waals surface area contributed by atoms with Crippen LogP contribution in [0, 0.1) is 0 Å². The van der Waals surface area contributed by atoms with Gasteiger partial charge in [-0.1, -0.05) is 30.3 Å². The Morgan fingerprint density at radius 1 is 1.21 bits per heavy atom. The fourth-order valence-electron chi connectivity index (χ4n) is 3.37. The molecule has 0 aromatic heterocycles. The van der Waals surface area contributed by atoms with Gasteiger partial charge in [-0.05, 0) is 23.8 Å². The topological polar surface area (TPSA) is 72.9 Å². The molecule has 1 fully saturated rings. The number of carbonyl (C=O) groups is 2. The Balaban J connectivity index is 1.75. The summed E-state index contributed by atoms with van der Waals surface area (Å²) in [5.41, 5.74) is 2.42. The van der Waals surface area contributed by atoms with Crippen molar-refractivity contribution < 1.29 is 14.7 Å². The van der Waals surface area contributed by atoms with Crippen LogP contribution in [0.4, 0.5) is 5.69 Å². The fraction of sp³-hybridized carbons (Fsp3) is 0.222. The molecule has 6 nitrogen and oxygen atoms in total. The van der Waals surface area contributed by atoms with Crippen LogP contribution in [0.2, 0.25) is 0 Å². The number of carbonyl (C=O) groups excluding carboxylic acids is 1. The third kappa shape index (κ3) is 2.32. The molecular weight excluding hydrogens is 306 g/mol. The van der Waals surface area contributed by atoms with Gasteiger partial charge in [-0.25, -0.2) is 4.79 Å². The Kier molecular flexibility index (Phi) is 3.46. The molecule has 6 heteroatoms. The Labute approximate surface area is 139 Å². The van der Waals surface area contributed by atoms with Crippen LogP contribution >= 0.6 is 0 Å². The van der Waals surface area contributed by atoms with Gasteiger partial charge >= 0.3 is 5.97 Å². The van der Waals surface area contributed by atoms with Gasteiger partial charge in [0.15, 0.2) is 6.29 Å². The van der Waals surface area contributed by atoms with Crippen LogP contribution in [0.3, 0.4) is 0 Å². The first kappa shape index (κ1) is 14.7. The fourth-order valence-corrected chi connectivity index (χ4v) is 3.37. The first-order valence-electron chi connectivity index (χ1n) is 7.87. The molecule has 4 rings (SSSR count). The highest BCUT2D eigenvalue weighted by Gasteiger charge is 2.40. The van der Waals surface area contributed by atoms with Gasteiger partial charge in [0.1, 0.15) is 0 Å². The van der Waals surface area contributed by atoms with Crippen molar-refractivity contribution in [2.45, 2.75) is 12.8 Å². The molecule has 2 N–H and O–H groups in total. The largest absolute Gasteiger partial charge is 0.478 e. The summed E-state index contributed by atoms with van der Waals surface area (Å²) in [6, 6.07) is 14.6. The first-order chi connectivity index (χ1) is 11.6. The van der Waals surface area contributed by atoms with E-state index in [2.05, 4.69) is 10.2 Å². The van der Waals surface area contributed by atoms with Gasteiger partial charge in [0.25, 0.3) is 5.91 Å². The predicted molar refractivity (Wildman–Crippen MR) is 88.9 cm³/mol. The van der Waals surface area contributed by atoms with Crippen LogP contribution in [-0.2, 0) is 6.54 Å². The molecule has 0 bridgehead atoms. The number of nitrogens with zero attached hydrogens (tertiary/aromatic N) is 2. The highest BCUT2D eigenvalue weighted by molar-refractivity contribution is 6.04. The molecule has 1 amide bonds. The maximum atomic E-state index is 13.0. The molecule has 122 valence electrons. The molecular formula is C18H17N3O3. The summed E-state index contributed by atoms with van der Waals surface area (Å²) in [5, 5.41) is 12.6. The monoisotopic (exact) mass is 323 g/mol. The molecule has 1 atom stereocenters. The highest BCUT2D eigenvalue weighted by Crippen LogP contribution is 2.33. The van der Waals surface area contributed by atoms with E-state index < -0.39 is 5.97 Å². The van der Waals surface area contributed by atoms with Gasteiger partial charge in [-0.3, -0.25) is 10.1 Å². The van der Waals surface area contributed by atoms with Crippen LogP contribution in [0.1, 0.15) is 26.3 Å². The number of hydrogen-bond donors (Lipinski definition) is 2. The molecule has 2 aliphatic rings. The Bertz CT molecular complexity index is 806. The molecule has 0 radical (unpaired) electrons. The second kappa shape index (κ2) is 5.65. The number of rotatable bonds is 3. The van der Waals surface area contributed by atoms with Crippen molar-refractivity contribution >= 4 is 17.6 Å². The van der Waals surface area contributed by atoms with E-state index in [1.165, 1.54) is 6.07 Å². The Hall–Kier alpha value is -2.86. The van der Waals surface area contributed by atoms with Crippen LogP contribution < -0.4 is 10.2 Å². The van der Waals surface area contributed by atoms with Crippen molar-refractivity contribution in [2.24, 2.45) is 0 Å². The normalized spacial score (nSPS) is 19.2. The van der Waals surface area contributed by atoms with E-state index in [1.54, 1.807) is 17.0 Å². The Morgan fingerprint density at radius 2 is 2.00 bits per heavy atom. The number of carboxylic acids is 1. The van der Waals surface area contributed by atoms with E-state index in [0.29, 0.717) is 12.1 Å². The van der Waals surface area contributed by atoms with Gasteiger partial charge in [0, 0.05) is 19.6 Å². The van der Waals surface area contributed by atoms with Gasteiger partial charge in [-0.2, -0.15) is 0 Å². The third-order valence-electron chi connectivity index (χ3n) is 4.51. The van der Waals surface area contributed by atoms with E-state index in [-0.39, 0.29) is 17.8 Å². The van der Waals surface area contributed by atoms with Crippen molar-refractivity contribution in [2.75, 3.05) is 18.0 Å². The minimum absolute atomic E-state index is 0.132. The molecule has 2 aromatic carbocycles. The van der Waals surface area contributed by atoms with E-state index in [9.17, 15) is 14.7 Å². The lowest BCUT2D eigenvalue weighted by Crippen LogP contribution is -2.56. The third-order valence-corrected chi connectivity index (χ3v) is 4.51. The molecule has 2 heterocycles. The molecule has 24 heavy (non-hydrogen) atoms. The Morgan fingerprint density at radius 3 is 2.75 bits per heavy atom. The maximum absolute atomic E-state index is 13.0. The summed E-state index contributed by atoms with van der Waals surface area (Å²) in [7, 11) is 0. The molecule has 2 aliphatic heterocycles. The summed E-state index contributed by atoms with van der Waals surface area (Å²) in [5.74, 6) is -1.17. The zero-order chi connectivity index (χ0) is 16.7. The van der Waals surface area contributed by atoms with E-state index in [0.717, 1.165) is 24.3 Å². The number of hydrogen-bond acceptors (Lipinski definition) is 4. The lowest BCUT2D eigenvalue weighted by atomic mass is 10.0. The van der Waals surface area contributed by atoms with Crippen molar-refractivity contribution in [1.82, 2.24) is 10.2 Å². The number of fused-ring (bicyclic) bond motifs is 3. The smallest absolute Gasteiger partial charge is 0.335 e. The minimum atomic E-state index is -1.03. The summed E-state index contributed by atoms with van der Waals surface area (Å²) in [6.07, 6.45) is -0.194. The average Bonchev–Trinajstić information content (AvgIpc) is 3.08. The van der Waals surface area contributed by atoms with Gasteiger partial charge < -0.3 is 14.9 Å². The first-order valence-corrected chi connectivity index (χ1v) is 7.87. The number of amides is 1. The lowest BCUT2D eigenvalue weighted by molar-refractivity contribution is 0.0624. The summed E-state index contributed by atoms with van der Waals surface area (Å²) in [6.45, 7) is 2.04. The SMILES string of the molecule is O=C(O)c1ccc2c(c1)C(=O)N(Cc1ccccc1)C1NCCN21. The number of carboxylic acid groups (broad SMARTS) is 1. The van der Waals surface area contributed by atoms with Crippen molar-refractivity contribution in [3.63, 3.8) is 0 Å². The molecule has 1 unspecified atom stereocenters. The van der Waals surface area contributed by atoms with E-state index in [1.807, 2.05) is 30.3 Å². The summed E-state index contributed by atoms with van der Waals surface area (Å²) < 4.78 is 0. The second-order valence-corrected chi connectivity index (χ2v) is 5.98. The average molecular weight is 323 g/mol. The number of benzene rings is 2. The highest BCUT2D eigenvalue weighted by atomic mass is 16.4. The minimum Gasteiger partial charge on any atom is -0.478 e. The van der Waals surface area contributed by atoms with Crippen LogP contribution in [0.25, 0.3) is 0 Å². The van der Waals surface area contributed by atoms with Crippen molar-refractivity contribution in [3.8, 4) is 0 Å². The molecule has 0 saturated carbocycles. The molecule has 0 spiro atoms. The zero-order valence-electron chi connectivity index (χ0n) is 13.0. The number of nitrogens with one attached hydrogen (secondary N) is 1. The summed E-state index contributed by atoms with van der Waals surface area (Å²) >= 11 is 0. The molecule has 0 aliphatic carbocycles. The summed E-state index contributed by atoms with van der Waals surface area (Å²) in [4.78, 5) is 28.1. The van der Waals surface area contributed by atoms with E-state index in [4.69, 9.17) is 0 Å². The van der Waals surface area contributed by atoms with Crippen LogP contribution in [0.5, 0.6) is 0 Å². The lowest BCUT2D eigenvalue weighted by Gasteiger charge is -2.41. The second-order valence-electron chi connectivity index (χ2n) is 5.98. The zero-order valence-corrected chi connectivity index (χ0v) is 13.0. The van der Waals surface area contributed by atoms with Gasteiger partial charge in [0.2, 0.25) is 0 Å².